The van der Waals surface area contributed by atoms with Crippen LogP contribution in [0, 0.1) is 6.92 Å². The van der Waals surface area contributed by atoms with Crippen molar-refractivity contribution >= 4 is 39.1 Å². The molecule has 1 amide bonds. The highest BCUT2D eigenvalue weighted by molar-refractivity contribution is 7.92. The Kier molecular flexibility index (Phi) is 5.78. The molecule has 0 aliphatic carbocycles. The number of pyridine rings is 1. The highest BCUT2D eigenvalue weighted by atomic mass is 32.2. The molecule has 2 N–H and O–H groups in total. The first-order valence-electron chi connectivity index (χ1n) is 9.70. The van der Waals surface area contributed by atoms with Crippen molar-refractivity contribution in [2.75, 3.05) is 28.0 Å². The number of rotatable bonds is 6. The minimum Gasteiger partial charge on any atom is -0.423 e. The maximum atomic E-state index is 12.6. The Bertz CT molecular complexity index is 1260. The zero-order chi connectivity index (χ0) is 22.7. The van der Waals surface area contributed by atoms with E-state index in [1.807, 2.05) is 19.1 Å². The lowest BCUT2D eigenvalue weighted by Crippen LogP contribution is -2.41. The molecule has 4 rings (SSSR count). The number of aryl methyl sites for hydroxylation is 1. The average Bonchev–Trinajstić information content (AvgIpc) is 2.75. The quantitative estimate of drug-likeness (QED) is 0.436. The standard InChI is InChI=1S/C22H20N4O5S/c1-15-5-10-19-18(12-15)26(14-22(28)31-19)13-21(27)24-16-6-8-17(9-7-16)32(29,30)25-20-4-2-3-11-23-20/h2-12H,13-14H2,1H3,(H,23,25)(H,24,27). The fourth-order valence-corrected chi connectivity index (χ4v) is 4.22. The first-order valence-corrected chi connectivity index (χ1v) is 11.2. The number of carbonyl (C=O) groups is 2. The molecule has 2 aromatic carbocycles. The summed E-state index contributed by atoms with van der Waals surface area (Å²) in [5.41, 5.74) is 2.07. The average molecular weight is 452 g/mol. The third-order valence-corrected chi connectivity index (χ3v) is 6.06. The number of anilines is 3. The Morgan fingerprint density at radius 1 is 1.12 bits per heavy atom. The van der Waals surface area contributed by atoms with Gasteiger partial charge in [0.1, 0.15) is 12.4 Å². The molecule has 10 heteroatoms. The molecular formula is C22H20N4O5S. The maximum Gasteiger partial charge on any atom is 0.331 e. The molecule has 0 unspecified atom stereocenters. The Morgan fingerprint density at radius 3 is 2.62 bits per heavy atom. The molecule has 3 aromatic rings. The van der Waals surface area contributed by atoms with Crippen molar-refractivity contribution in [3.05, 3.63) is 72.4 Å². The third kappa shape index (κ3) is 4.86. The second-order valence-electron chi connectivity index (χ2n) is 7.19. The van der Waals surface area contributed by atoms with Crippen LogP contribution in [0.2, 0.25) is 0 Å². The monoisotopic (exact) mass is 452 g/mol. The maximum absolute atomic E-state index is 12.6. The second-order valence-corrected chi connectivity index (χ2v) is 8.88. The van der Waals surface area contributed by atoms with Crippen LogP contribution in [0.5, 0.6) is 5.75 Å². The van der Waals surface area contributed by atoms with Crippen LogP contribution in [0.25, 0.3) is 0 Å². The van der Waals surface area contributed by atoms with Gasteiger partial charge in [0.05, 0.1) is 17.1 Å². The van der Waals surface area contributed by atoms with E-state index in [1.54, 1.807) is 29.2 Å². The van der Waals surface area contributed by atoms with Crippen LogP contribution in [-0.4, -0.2) is 38.4 Å². The molecule has 164 valence electrons. The predicted octanol–water partition coefficient (Wildman–Crippen LogP) is 2.55. The van der Waals surface area contributed by atoms with E-state index in [4.69, 9.17) is 4.74 Å². The highest BCUT2D eigenvalue weighted by Gasteiger charge is 2.26. The molecule has 0 bridgehead atoms. The van der Waals surface area contributed by atoms with E-state index < -0.39 is 16.0 Å². The Hall–Kier alpha value is -3.92. The number of carbonyl (C=O) groups excluding carboxylic acids is 2. The molecule has 1 aliphatic rings. The highest BCUT2D eigenvalue weighted by Crippen LogP contribution is 2.32. The number of nitrogens with zero attached hydrogens (tertiary/aromatic N) is 2. The molecule has 0 fully saturated rings. The van der Waals surface area contributed by atoms with Gasteiger partial charge in [0, 0.05) is 11.9 Å². The van der Waals surface area contributed by atoms with Gasteiger partial charge in [-0.3, -0.25) is 9.52 Å². The van der Waals surface area contributed by atoms with Gasteiger partial charge in [-0.05, 0) is 61.0 Å². The summed E-state index contributed by atoms with van der Waals surface area (Å²) in [6, 6.07) is 16.0. The minimum absolute atomic E-state index is 0.0318. The SMILES string of the molecule is Cc1ccc2c(c1)N(CC(=O)Nc1ccc(S(=O)(=O)Nc3ccccn3)cc1)CC(=O)O2. The van der Waals surface area contributed by atoms with Gasteiger partial charge >= 0.3 is 5.97 Å². The van der Waals surface area contributed by atoms with Crippen molar-refractivity contribution in [2.24, 2.45) is 0 Å². The number of nitrogens with one attached hydrogen (secondary N) is 2. The van der Waals surface area contributed by atoms with Crippen molar-refractivity contribution in [2.45, 2.75) is 11.8 Å². The van der Waals surface area contributed by atoms with E-state index in [-0.39, 0.29) is 29.7 Å². The number of hydrogen-bond donors (Lipinski definition) is 2. The zero-order valence-electron chi connectivity index (χ0n) is 17.1. The summed E-state index contributed by atoms with van der Waals surface area (Å²) in [4.78, 5) is 30.0. The lowest BCUT2D eigenvalue weighted by Gasteiger charge is -2.29. The fourth-order valence-electron chi connectivity index (χ4n) is 3.21. The van der Waals surface area contributed by atoms with E-state index in [0.29, 0.717) is 17.1 Å². The number of ether oxygens (including phenoxy) is 1. The summed E-state index contributed by atoms with van der Waals surface area (Å²) < 4.78 is 32.6. The van der Waals surface area contributed by atoms with Gasteiger partial charge in [-0.2, -0.15) is 0 Å². The third-order valence-electron chi connectivity index (χ3n) is 4.69. The van der Waals surface area contributed by atoms with E-state index >= 15 is 0 Å². The summed E-state index contributed by atoms with van der Waals surface area (Å²) >= 11 is 0. The molecule has 9 nitrogen and oxygen atoms in total. The second kappa shape index (κ2) is 8.67. The molecule has 0 spiro atoms. The minimum atomic E-state index is -3.81. The van der Waals surface area contributed by atoms with Crippen molar-refractivity contribution in [3.8, 4) is 5.75 Å². The van der Waals surface area contributed by atoms with Gasteiger partial charge in [-0.25, -0.2) is 18.2 Å². The van der Waals surface area contributed by atoms with Gasteiger partial charge in [0.15, 0.2) is 5.75 Å². The Balaban J connectivity index is 1.42. The van der Waals surface area contributed by atoms with Crippen molar-refractivity contribution in [1.82, 2.24) is 4.98 Å². The number of fused-ring (bicyclic) bond motifs is 1. The summed E-state index contributed by atoms with van der Waals surface area (Å²) in [5.74, 6) is -0.173. The lowest BCUT2D eigenvalue weighted by molar-refractivity contribution is -0.133. The van der Waals surface area contributed by atoms with Gasteiger partial charge in [0.25, 0.3) is 10.0 Å². The number of benzene rings is 2. The summed E-state index contributed by atoms with van der Waals surface area (Å²) in [6.45, 7) is 1.81. The fraction of sp³-hybridized carbons (Fsp3) is 0.136. The number of sulfonamides is 1. The topological polar surface area (TPSA) is 118 Å². The molecular weight excluding hydrogens is 432 g/mol. The summed E-state index contributed by atoms with van der Waals surface area (Å²) in [7, 11) is -3.81. The molecule has 0 saturated carbocycles. The zero-order valence-corrected chi connectivity index (χ0v) is 17.9. The van der Waals surface area contributed by atoms with Gasteiger partial charge < -0.3 is 15.0 Å². The molecule has 2 heterocycles. The van der Waals surface area contributed by atoms with Crippen LogP contribution >= 0.6 is 0 Å². The van der Waals surface area contributed by atoms with Crippen LogP contribution in [0.3, 0.4) is 0 Å². The number of esters is 1. The van der Waals surface area contributed by atoms with E-state index in [2.05, 4.69) is 15.0 Å². The molecule has 0 atom stereocenters. The summed E-state index contributed by atoms with van der Waals surface area (Å²) in [5, 5.41) is 2.72. The Labute approximate surface area is 185 Å². The van der Waals surface area contributed by atoms with Crippen LogP contribution < -0.4 is 19.7 Å². The van der Waals surface area contributed by atoms with Crippen LogP contribution in [0.4, 0.5) is 17.2 Å². The first-order chi connectivity index (χ1) is 15.3. The smallest absolute Gasteiger partial charge is 0.331 e. The normalized spacial score (nSPS) is 13.2. The van der Waals surface area contributed by atoms with Gasteiger partial charge in [-0.15, -0.1) is 0 Å². The predicted molar refractivity (Wildman–Crippen MR) is 119 cm³/mol. The first kappa shape index (κ1) is 21.3. The number of amides is 1. The molecule has 0 radical (unpaired) electrons. The van der Waals surface area contributed by atoms with Crippen LogP contribution in [0.1, 0.15) is 5.56 Å². The van der Waals surface area contributed by atoms with Gasteiger partial charge in [0.2, 0.25) is 5.91 Å². The van der Waals surface area contributed by atoms with Crippen LogP contribution in [-0.2, 0) is 19.6 Å². The van der Waals surface area contributed by atoms with Crippen molar-refractivity contribution in [1.29, 1.82) is 0 Å². The van der Waals surface area contributed by atoms with Crippen LogP contribution in [0.15, 0.2) is 71.8 Å². The van der Waals surface area contributed by atoms with Gasteiger partial charge in [-0.1, -0.05) is 12.1 Å². The number of hydrogen-bond acceptors (Lipinski definition) is 7. The molecule has 32 heavy (non-hydrogen) atoms. The molecule has 1 aliphatic heterocycles. The molecule has 1 aromatic heterocycles. The number of aromatic nitrogens is 1. The van der Waals surface area contributed by atoms with Crippen molar-refractivity contribution in [3.63, 3.8) is 0 Å². The van der Waals surface area contributed by atoms with E-state index in [9.17, 15) is 18.0 Å². The molecule has 0 saturated heterocycles. The largest absolute Gasteiger partial charge is 0.423 e. The summed E-state index contributed by atoms with van der Waals surface area (Å²) in [6.07, 6.45) is 1.48. The Morgan fingerprint density at radius 2 is 1.91 bits per heavy atom. The van der Waals surface area contributed by atoms with E-state index in [1.165, 1.54) is 30.5 Å². The van der Waals surface area contributed by atoms with E-state index in [0.717, 1.165) is 5.56 Å². The lowest BCUT2D eigenvalue weighted by atomic mass is 10.1. The van der Waals surface area contributed by atoms with Crippen molar-refractivity contribution < 1.29 is 22.7 Å².